The molecule has 0 radical (unpaired) electrons. The molecule has 18 heteroatoms. The molecule has 392 valence electrons. The molecule has 0 bridgehead atoms. The third-order valence-corrected chi connectivity index (χ3v) is 11.9. The van der Waals surface area contributed by atoms with Gasteiger partial charge in [-0.1, -0.05) is 36.4 Å². The highest BCUT2D eigenvalue weighted by atomic mass is 16.6. The Balaban J connectivity index is 0.000000261. The predicted molar refractivity (Wildman–Crippen MR) is 261 cm³/mol. The van der Waals surface area contributed by atoms with Crippen LogP contribution in [-0.2, 0) is 47.5 Å². The van der Waals surface area contributed by atoms with E-state index in [4.69, 9.17) is 47.4 Å². The van der Waals surface area contributed by atoms with E-state index >= 15 is 0 Å². The lowest BCUT2D eigenvalue weighted by molar-refractivity contribution is -0.146. The van der Waals surface area contributed by atoms with Crippen molar-refractivity contribution in [3.63, 3.8) is 0 Å². The van der Waals surface area contributed by atoms with Gasteiger partial charge in [-0.25, -0.2) is 19.2 Å². The molecule has 70 heavy (non-hydrogen) atoms. The number of carbonyl (C=O) groups excluding carboxylic acids is 4. The fourth-order valence-electron chi connectivity index (χ4n) is 8.64. The Morgan fingerprint density at radius 1 is 0.586 bits per heavy atom. The molecule has 2 amide bonds. The van der Waals surface area contributed by atoms with Gasteiger partial charge < -0.3 is 68.6 Å². The molecule has 0 saturated carbocycles. The molecular weight excluding hydrogens is 905 g/mol. The highest BCUT2D eigenvalue weighted by molar-refractivity contribution is 5.71. The molecule has 4 heterocycles. The van der Waals surface area contributed by atoms with Crippen LogP contribution in [0.25, 0.3) is 0 Å². The zero-order valence-electron chi connectivity index (χ0n) is 42.7. The van der Waals surface area contributed by atoms with Crippen LogP contribution in [0.1, 0.15) is 130 Å². The van der Waals surface area contributed by atoms with Crippen LogP contribution < -0.4 is 30.7 Å². The fourth-order valence-corrected chi connectivity index (χ4v) is 8.64. The first-order chi connectivity index (χ1) is 33.5. The molecule has 18 nitrogen and oxygen atoms in total. The summed E-state index contributed by atoms with van der Waals surface area (Å²) in [6.45, 7) is 18.7. The lowest BCUT2D eigenvalue weighted by Gasteiger charge is -2.36. The van der Waals surface area contributed by atoms with Crippen molar-refractivity contribution >= 4 is 24.1 Å². The quantitative estimate of drug-likeness (QED) is 0.0874. The Labute approximate surface area is 414 Å². The molecule has 4 aliphatic rings. The van der Waals surface area contributed by atoms with E-state index in [0.717, 1.165) is 75.6 Å². The van der Waals surface area contributed by atoms with E-state index in [1.54, 1.807) is 13.8 Å². The van der Waals surface area contributed by atoms with Crippen molar-refractivity contribution in [1.29, 1.82) is 0 Å². The smallest absolute Gasteiger partial charge is 0.407 e. The topological polar surface area (TPSA) is 209 Å². The largest absolute Gasteiger partial charge is 0.482 e. The van der Waals surface area contributed by atoms with Gasteiger partial charge >= 0.3 is 24.1 Å². The van der Waals surface area contributed by atoms with Crippen LogP contribution in [0.3, 0.4) is 0 Å². The van der Waals surface area contributed by atoms with E-state index in [1.807, 2.05) is 90.1 Å². The van der Waals surface area contributed by atoms with E-state index in [-0.39, 0.29) is 61.8 Å². The van der Waals surface area contributed by atoms with Crippen LogP contribution in [0.2, 0.25) is 0 Å². The number of rotatable bonds is 18. The highest BCUT2D eigenvalue weighted by Crippen LogP contribution is 2.36. The minimum absolute atomic E-state index is 0.0194. The Morgan fingerprint density at radius 3 is 1.34 bits per heavy atom. The molecule has 0 aromatic heterocycles. The first kappa shape index (κ1) is 56.2. The molecule has 4 fully saturated rings. The number of nitrogens with one attached hydrogen (secondary N) is 4. The van der Waals surface area contributed by atoms with Gasteiger partial charge in [-0.15, -0.1) is 0 Å². The fraction of sp³-hybridized carbons (Fsp3) is 0.692. The summed E-state index contributed by atoms with van der Waals surface area (Å²) in [5.41, 5.74) is 0.782. The molecule has 4 N–H and O–H groups in total. The van der Waals surface area contributed by atoms with E-state index in [0.29, 0.717) is 51.1 Å². The Morgan fingerprint density at radius 2 is 0.986 bits per heavy atom. The Kier molecular flexibility index (Phi) is 22.8. The predicted octanol–water partition coefficient (Wildman–Crippen LogP) is 7.02. The standard InChI is InChI=1S/2C26H40N2O7/c2*1-5-31-24(29)17-34-22-11-7-6-9-19(22)23-13-12-18(15-33-23)32-16-21-20(10-8-14-27-21)28-25(30)35-26(2,3)4/h2*6-7,9,11,18,20-21,23,27H,5,8,10,12-17H2,1-4H3,(H,28,30)/t2*18-,20?,21?,23-/m10/s1. The molecule has 4 unspecified atom stereocenters. The van der Waals surface area contributed by atoms with E-state index in [1.165, 1.54) is 0 Å². The molecule has 0 aliphatic carbocycles. The maximum atomic E-state index is 12.2. The molecule has 2 aromatic rings. The van der Waals surface area contributed by atoms with E-state index < -0.39 is 35.3 Å². The first-order valence-electron chi connectivity index (χ1n) is 25.2. The zero-order valence-corrected chi connectivity index (χ0v) is 42.7. The Bertz CT molecular complexity index is 1770. The summed E-state index contributed by atoms with van der Waals surface area (Å²) in [5.74, 6) is 0.479. The van der Waals surface area contributed by atoms with Gasteiger partial charge in [0.25, 0.3) is 0 Å². The van der Waals surface area contributed by atoms with E-state index in [9.17, 15) is 19.2 Å². The first-order valence-corrected chi connectivity index (χ1v) is 25.2. The molecule has 8 atom stereocenters. The average molecular weight is 985 g/mol. The van der Waals surface area contributed by atoms with Crippen molar-refractivity contribution in [2.75, 3.05) is 65.9 Å². The number of amides is 2. The van der Waals surface area contributed by atoms with Crippen LogP contribution >= 0.6 is 0 Å². The van der Waals surface area contributed by atoms with Crippen LogP contribution in [0.5, 0.6) is 11.5 Å². The van der Waals surface area contributed by atoms with Gasteiger partial charge in [0.15, 0.2) is 13.2 Å². The second kappa shape index (κ2) is 28.4. The molecule has 4 saturated heterocycles. The summed E-state index contributed by atoms with van der Waals surface area (Å²) < 4.78 is 56.7. The highest BCUT2D eigenvalue weighted by Gasteiger charge is 2.33. The van der Waals surface area contributed by atoms with E-state index in [2.05, 4.69) is 21.3 Å². The van der Waals surface area contributed by atoms with Crippen molar-refractivity contribution in [3.8, 4) is 11.5 Å². The van der Waals surface area contributed by atoms with Crippen LogP contribution in [0, 0.1) is 0 Å². The third kappa shape index (κ3) is 19.8. The monoisotopic (exact) mass is 985 g/mol. The van der Waals surface area contributed by atoms with Crippen LogP contribution in [0.15, 0.2) is 48.5 Å². The third-order valence-electron chi connectivity index (χ3n) is 11.9. The van der Waals surface area contributed by atoms with Gasteiger partial charge in [-0.2, -0.15) is 0 Å². The maximum absolute atomic E-state index is 12.2. The number of esters is 2. The summed E-state index contributed by atoms with van der Waals surface area (Å²) in [6, 6.07) is 15.2. The van der Waals surface area contributed by atoms with Crippen LogP contribution in [0.4, 0.5) is 9.59 Å². The Hall–Kier alpha value is -4.72. The number of ether oxygens (including phenoxy) is 10. The number of hydrogen-bond acceptors (Lipinski definition) is 16. The normalized spacial score (nSPS) is 24.9. The minimum Gasteiger partial charge on any atom is -0.482 e. The molecule has 4 aliphatic heterocycles. The second-order valence-electron chi connectivity index (χ2n) is 19.9. The lowest BCUT2D eigenvalue weighted by atomic mass is 9.98. The number of carbonyl (C=O) groups is 4. The summed E-state index contributed by atoms with van der Waals surface area (Å²) in [7, 11) is 0. The maximum Gasteiger partial charge on any atom is 0.407 e. The molecule has 2 aromatic carbocycles. The van der Waals surface area contributed by atoms with Gasteiger partial charge in [0, 0.05) is 23.2 Å². The van der Waals surface area contributed by atoms with Crippen molar-refractivity contribution in [1.82, 2.24) is 21.3 Å². The number of para-hydroxylation sites is 2. The second-order valence-corrected chi connectivity index (χ2v) is 19.9. The summed E-state index contributed by atoms with van der Waals surface area (Å²) in [4.78, 5) is 47.8. The van der Waals surface area contributed by atoms with Gasteiger partial charge in [-0.3, -0.25) is 0 Å². The number of benzene rings is 2. The summed E-state index contributed by atoms with van der Waals surface area (Å²) in [6.07, 6.45) is 5.89. The molecule has 0 spiro atoms. The number of hydrogen-bond donors (Lipinski definition) is 4. The van der Waals surface area contributed by atoms with Gasteiger partial charge in [0.2, 0.25) is 0 Å². The number of piperidine rings is 2. The number of alkyl carbamates (subject to hydrolysis) is 2. The van der Waals surface area contributed by atoms with Crippen LogP contribution in [-0.4, -0.2) is 138 Å². The average Bonchev–Trinajstić information content (AvgIpc) is 3.32. The van der Waals surface area contributed by atoms with Crippen molar-refractivity contribution in [2.45, 2.75) is 167 Å². The van der Waals surface area contributed by atoms with Crippen molar-refractivity contribution in [2.24, 2.45) is 0 Å². The molecular formula is C52H80N4O14. The summed E-state index contributed by atoms with van der Waals surface area (Å²) >= 11 is 0. The van der Waals surface area contributed by atoms with Gasteiger partial charge in [0.1, 0.15) is 22.7 Å². The SMILES string of the molecule is CCOC(=O)COc1ccccc1[C@@H]1CC[C@H](OCC2NCCCC2NC(=O)OC(C)(C)C)CO1.CCOC(=O)COc1ccccc1[C@H]1CC[C@@H](OCC2NCCCC2NC(=O)OC(C)(C)C)CO1. The lowest BCUT2D eigenvalue weighted by Crippen LogP contribution is -2.56. The van der Waals surface area contributed by atoms with Gasteiger partial charge in [0.05, 0.1) is 76.1 Å². The van der Waals surface area contributed by atoms with Crippen molar-refractivity contribution in [3.05, 3.63) is 59.7 Å². The van der Waals surface area contributed by atoms with Crippen molar-refractivity contribution < 1.29 is 66.5 Å². The minimum atomic E-state index is -0.531. The van der Waals surface area contributed by atoms with Gasteiger partial charge in [-0.05, 0) is 132 Å². The molecule has 6 rings (SSSR count). The summed E-state index contributed by atoms with van der Waals surface area (Å²) in [5, 5.41) is 12.9. The zero-order chi connectivity index (χ0) is 50.5.